The van der Waals surface area contributed by atoms with Crippen LogP contribution in [-0.2, 0) is 5.41 Å². The minimum atomic E-state index is -1.94. The lowest BCUT2D eigenvalue weighted by atomic mass is 9.86. The first-order valence-electron chi connectivity index (χ1n) is 6.89. The van der Waals surface area contributed by atoms with Crippen molar-refractivity contribution in [3.05, 3.63) is 63.4 Å². The highest BCUT2D eigenvalue weighted by Crippen LogP contribution is 2.41. The second-order valence-electron chi connectivity index (χ2n) is 6.19. The Morgan fingerprint density at radius 1 is 0.909 bits per heavy atom. The van der Waals surface area contributed by atoms with Crippen molar-refractivity contribution >= 4 is 23.2 Å². The third kappa shape index (κ3) is 3.58. The zero-order valence-corrected chi connectivity index (χ0v) is 14.1. The van der Waals surface area contributed by atoms with Crippen molar-refractivity contribution < 1.29 is 8.78 Å². The summed E-state index contributed by atoms with van der Waals surface area (Å²) in [5.41, 5.74) is 1.20. The highest BCUT2D eigenvalue weighted by Gasteiger charge is 2.28. The SMILES string of the molecule is CC(C)(C)c1ccc(C(F)C(F)c2c(Cl)cncc2Cl)cc1. The highest BCUT2D eigenvalue weighted by molar-refractivity contribution is 6.35. The Bertz CT molecular complexity index is 630. The van der Waals surface area contributed by atoms with Gasteiger partial charge in [-0.15, -0.1) is 0 Å². The predicted molar refractivity (Wildman–Crippen MR) is 87.1 cm³/mol. The van der Waals surface area contributed by atoms with Crippen LogP contribution in [0.15, 0.2) is 36.7 Å². The maximum Gasteiger partial charge on any atom is 0.163 e. The van der Waals surface area contributed by atoms with Crippen LogP contribution in [0, 0.1) is 0 Å². The number of nitrogens with zero attached hydrogens (tertiary/aromatic N) is 1. The van der Waals surface area contributed by atoms with Gasteiger partial charge in [0.15, 0.2) is 12.3 Å². The lowest BCUT2D eigenvalue weighted by molar-refractivity contribution is 0.170. The van der Waals surface area contributed by atoms with E-state index in [4.69, 9.17) is 23.2 Å². The van der Waals surface area contributed by atoms with Crippen LogP contribution in [-0.4, -0.2) is 4.98 Å². The number of halogens is 4. The van der Waals surface area contributed by atoms with Crippen molar-refractivity contribution in [3.63, 3.8) is 0 Å². The Hall–Kier alpha value is -1.19. The molecule has 0 saturated carbocycles. The van der Waals surface area contributed by atoms with Gasteiger partial charge in [-0.05, 0) is 16.5 Å². The number of pyridine rings is 1. The Morgan fingerprint density at radius 2 is 1.41 bits per heavy atom. The number of benzene rings is 1. The van der Waals surface area contributed by atoms with E-state index < -0.39 is 12.3 Å². The van der Waals surface area contributed by atoms with Crippen molar-refractivity contribution in [1.29, 1.82) is 0 Å². The molecule has 2 unspecified atom stereocenters. The summed E-state index contributed by atoms with van der Waals surface area (Å²) in [6.07, 6.45) is -1.27. The van der Waals surface area contributed by atoms with E-state index >= 15 is 0 Å². The van der Waals surface area contributed by atoms with E-state index in [0.717, 1.165) is 5.56 Å². The molecule has 2 atom stereocenters. The van der Waals surface area contributed by atoms with Crippen LogP contribution in [0.3, 0.4) is 0 Å². The first-order valence-corrected chi connectivity index (χ1v) is 7.65. The van der Waals surface area contributed by atoms with Crippen LogP contribution in [0.2, 0.25) is 10.0 Å². The van der Waals surface area contributed by atoms with Crippen LogP contribution in [0.5, 0.6) is 0 Å². The molecule has 0 fully saturated rings. The molecule has 1 nitrogen and oxygen atoms in total. The molecule has 118 valence electrons. The Labute approximate surface area is 139 Å². The molecule has 1 heterocycles. The van der Waals surface area contributed by atoms with E-state index in [0.29, 0.717) is 0 Å². The van der Waals surface area contributed by atoms with E-state index in [1.807, 2.05) is 12.1 Å². The number of hydrogen-bond acceptors (Lipinski definition) is 1. The molecular formula is C17H17Cl2F2N. The molecule has 1 aromatic heterocycles. The van der Waals surface area contributed by atoms with Gasteiger partial charge in [-0.1, -0.05) is 68.2 Å². The summed E-state index contributed by atoms with van der Waals surface area (Å²) in [7, 11) is 0. The van der Waals surface area contributed by atoms with Crippen LogP contribution in [0.4, 0.5) is 8.78 Å². The fraction of sp³-hybridized carbons (Fsp3) is 0.353. The molecule has 0 amide bonds. The zero-order valence-electron chi connectivity index (χ0n) is 12.6. The third-order valence-corrected chi connectivity index (χ3v) is 4.12. The second-order valence-corrected chi connectivity index (χ2v) is 7.01. The quantitative estimate of drug-likeness (QED) is 0.627. The Morgan fingerprint density at radius 3 is 1.86 bits per heavy atom. The normalized spacial score (nSPS) is 14.7. The lowest BCUT2D eigenvalue weighted by Crippen LogP contribution is -2.11. The first kappa shape index (κ1) is 17.2. The molecule has 2 aromatic rings. The summed E-state index contributed by atoms with van der Waals surface area (Å²) in [5.74, 6) is 0. The van der Waals surface area contributed by atoms with Gasteiger partial charge >= 0.3 is 0 Å². The van der Waals surface area contributed by atoms with Crippen LogP contribution in [0.1, 0.15) is 49.8 Å². The van der Waals surface area contributed by atoms with Gasteiger partial charge < -0.3 is 0 Å². The number of hydrogen-bond donors (Lipinski definition) is 0. The van der Waals surface area contributed by atoms with Gasteiger partial charge in [-0.3, -0.25) is 4.98 Å². The minimum absolute atomic E-state index is 0.0222. The number of rotatable bonds is 3. The van der Waals surface area contributed by atoms with Crippen molar-refractivity contribution in [2.45, 2.75) is 38.5 Å². The molecule has 0 saturated heterocycles. The highest BCUT2D eigenvalue weighted by atomic mass is 35.5. The summed E-state index contributed by atoms with van der Waals surface area (Å²) in [6, 6.07) is 6.82. The third-order valence-electron chi connectivity index (χ3n) is 3.52. The maximum atomic E-state index is 14.5. The van der Waals surface area contributed by atoms with E-state index in [1.165, 1.54) is 12.4 Å². The molecule has 0 spiro atoms. The predicted octanol–water partition coefficient (Wildman–Crippen LogP) is 6.41. The van der Waals surface area contributed by atoms with Gasteiger partial charge in [0.25, 0.3) is 0 Å². The largest absolute Gasteiger partial charge is 0.262 e. The number of aromatic nitrogens is 1. The molecule has 5 heteroatoms. The fourth-order valence-electron chi connectivity index (χ4n) is 2.17. The summed E-state index contributed by atoms with van der Waals surface area (Å²) in [4.78, 5) is 3.74. The molecule has 0 bridgehead atoms. The second kappa shape index (κ2) is 6.51. The fourth-order valence-corrected chi connectivity index (χ4v) is 2.74. The molecule has 2 rings (SSSR count). The van der Waals surface area contributed by atoms with Crippen LogP contribution >= 0.6 is 23.2 Å². The van der Waals surface area contributed by atoms with E-state index in [2.05, 4.69) is 25.8 Å². The molecule has 0 N–H and O–H groups in total. The lowest BCUT2D eigenvalue weighted by Gasteiger charge is -2.21. The van der Waals surface area contributed by atoms with Crippen molar-refractivity contribution in [3.8, 4) is 0 Å². The topological polar surface area (TPSA) is 12.9 Å². The summed E-state index contributed by atoms with van der Waals surface area (Å²) in [6.45, 7) is 6.18. The minimum Gasteiger partial charge on any atom is -0.262 e. The first-order chi connectivity index (χ1) is 10.2. The van der Waals surface area contributed by atoms with Crippen molar-refractivity contribution in [2.75, 3.05) is 0 Å². The average molecular weight is 344 g/mol. The average Bonchev–Trinajstić information content (AvgIpc) is 2.45. The molecule has 1 aromatic carbocycles. The number of alkyl halides is 2. The summed E-state index contributed by atoms with van der Waals surface area (Å²) in [5, 5.41) is 0.0444. The van der Waals surface area contributed by atoms with Crippen molar-refractivity contribution in [1.82, 2.24) is 4.98 Å². The van der Waals surface area contributed by atoms with Gasteiger partial charge in [0.1, 0.15) is 0 Å². The van der Waals surface area contributed by atoms with E-state index in [1.54, 1.807) is 12.1 Å². The van der Waals surface area contributed by atoms with Gasteiger partial charge in [-0.2, -0.15) is 0 Å². The molecule has 0 aliphatic carbocycles. The standard InChI is InChI=1S/C17H17Cl2F2N/c1-17(2,3)11-6-4-10(5-7-11)15(20)16(21)14-12(18)8-22-9-13(14)19/h4-9,15-16H,1-3H3. The van der Waals surface area contributed by atoms with Gasteiger partial charge in [0, 0.05) is 18.0 Å². The van der Waals surface area contributed by atoms with Gasteiger partial charge in [0.05, 0.1) is 10.0 Å². The summed E-state index contributed by atoms with van der Waals surface area (Å²) < 4.78 is 29.0. The van der Waals surface area contributed by atoms with Gasteiger partial charge in [-0.25, -0.2) is 8.78 Å². The molecule has 0 radical (unpaired) electrons. The molecule has 0 aliphatic rings. The maximum absolute atomic E-state index is 14.5. The zero-order chi connectivity index (χ0) is 16.5. The van der Waals surface area contributed by atoms with Gasteiger partial charge in [0.2, 0.25) is 0 Å². The van der Waals surface area contributed by atoms with Crippen LogP contribution in [0.25, 0.3) is 0 Å². The molecular weight excluding hydrogens is 327 g/mol. The monoisotopic (exact) mass is 343 g/mol. The molecule has 22 heavy (non-hydrogen) atoms. The van der Waals surface area contributed by atoms with Crippen LogP contribution < -0.4 is 0 Å². The molecule has 0 aliphatic heterocycles. The smallest absolute Gasteiger partial charge is 0.163 e. The summed E-state index contributed by atoms with van der Waals surface area (Å²) >= 11 is 11.8. The Kier molecular flexibility index (Phi) is 5.08. The van der Waals surface area contributed by atoms with E-state index in [-0.39, 0.29) is 26.6 Å². The van der Waals surface area contributed by atoms with Crippen molar-refractivity contribution in [2.24, 2.45) is 0 Å². The Balaban J connectivity index is 2.29. The van der Waals surface area contributed by atoms with E-state index in [9.17, 15) is 8.78 Å².